The van der Waals surface area contributed by atoms with Crippen molar-refractivity contribution >= 4 is 16.7 Å². The normalized spacial score (nSPS) is 12.7. The average molecular weight is 261 g/mol. The number of anilines is 1. The number of aromatic nitrogens is 2. The van der Waals surface area contributed by atoms with Gasteiger partial charge in [0.15, 0.2) is 0 Å². The number of benzene rings is 1. The van der Waals surface area contributed by atoms with E-state index in [2.05, 4.69) is 66.6 Å². The first-order valence-corrected chi connectivity index (χ1v) is 7.00. The fourth-order valence-corrected chi connectivity index (χ4v) is 2.45. The van der Waals surface area contributed by atoms with Crippen LogP contribution >= 0.6 is 11.5 Å². The first-order chi connectivity index (χ1) is 8.56. The van der Waals surface area contributed by atoms with Crippen LogP contribution in [0.3, 0.4) is 0 Å². The first kappa shape index (κ1) is 13.0. The van der Waals surface area contributed by atoms with Crippen molar-refractivity contribution in [2.45, 2.75) is 39.7 Å². The molecule has 3 nitrogen and oxygen atoms in total. The third-order valence-electron chi connectivity index (χ3n) is 2.88. The van der Waals surface area contributed by atoms with Crippen LogP contribution in [0.1, 0.15) is 49.7 Å². The Labute approximate surface area is 112 Å². The molecule has 0 bridgehead atoms. The highest BCUT2D eigenvalue weighted by Gasteiger charge is 2.10. The second-order valence-electron chi connectivity index (χ2n) is 4.89. The zero-order chi connectivity index (χ0) is 13.1. The predicted octanol–water partition coefficient (Wildman–Crippen LogP) is 4.14. The van der Waals surface area contributed by atoms with E-state index in [1.54, 1.807) is 0 Å². The SMILES string of the molecule is Cc1ccc(C(C)Nc2nc(C(C)C)ns2)cc1. The van der Waals surface area contributed by atoms with Crippen molar-refractivity contribution in [2.24, 2.45) is 0 Å². The van der Waals surface area contributed by atoms with E-state index in [1.165, 1.54) is 22.7 Å². The lowest BCUT2D eigenvalue weighted by Crippen LogP contribution is -2.06. The molecule has 0 aliphatic rings. The molecule has 4 heteroatoms. The molecule has 0 fully saturated rings. The highest BCUT2D eigenvalue weighted by Crippen LogP contribution is 2.23. The number of nitrogens with zero attached hydrogens (tertiary/aromatic N) is 2. The molecule has 2 aromatic rings. The molecule has 1 unspecified atom stereocenters. The molecule has 1 aromatic carbocycles. The van der Waals surface area contributed by atoms with Crippen LogP contribution in [-0.4, -0.2) is 9.36 Å². The number of hydrogen-bond donors (Lipinski definition) is 1. The zero-order valence-corrected chi connectivity index (χ0v) is 12.1. The van der Waals surface area contributed by atoms with Gasteiger partial charge in [0.2, 0.25) is 5.13 Å². The minimum absolute atomic E-state index is 0.249. The van der Waals surface area contributed by atoms with Crippen molar-refractivity contribution in [1.82, 2.24) is 9.36 Å². The van der Waals surface area contributed by atoms with Gasteiger partial charge >= 0.3 is 0 Å². The molecule has 1 atom stereocenters. The summed E-state index contributed by atoms with van der Waals surface area (Å²) in [4.78, 5) is 4.49. The predicted molar refractivity (Wildman–Crippen MR) is 77.2 cm³/mol. The smallest absolute Gasteiger partial charge is 0.203 e. The van der Waals surface area contributed by atoms with Crippen molar-refractivity contribution in [3.8, 4) is 0 Å². The number of aryl methyl sites for hydroxylation is 1. The van der Waals surface area contributed by atoms with Gasteiger partial charge in [0.05, 0.1) is 6.04 Å². The summed E-state index contributed by atoms with van der Waals surface area (Å²) in [5.74, 6) is 1.30. The Bertz CT molecular complexity index is 502. The molecule has 96 valence electrons. The quantitative estimate of drug-likeness (QED) is 0.898. The van der Waals surface area contributed by atoms with Crippen molar-refractivity contribution < 1.29 is 0 Å². The summed E-state index contributed by atoms with van der Waals surface area (Å²) in [5.41, 5.74) is 2.55. The van der Waals surface area contributed by atoms with Gasteiger partial charge in [-0.25, -0.2) is 4.98 Å². The minimum atomic E-state index is 0.249. The Kier molecular flexibility index (Phi) is 3.97. The van der Waals surface area contributed by atoms with Gasteiger partial charge in [-0.2, -0.15) is 4.37 Å². The van der Waals surface area contributed by atoms with Gasteiger partial charge in [-0.1, -0.05) is 43.7 Å². The maximum absolute atomic E-state index is 4.49. The lowest BCUT2D eigenvalue weighted by atomic mass is 10.1. The lowest BCUT2D eigenvalue weighted by molar-refractivity contribution is 0.795. The van der Waals surface area contributed by atoms with E-state index in [0.29, 0.717) is 5.92 Å². The zero-order valence-electron chi connectivity index (χ0n) is 11.3. The molecular formula is C14H19N3S. The molecule has 18 heavy (non-hydrogen) atoms. The third kappa shape index (κ3) is 3.07. The second kappa shape index (κ2) is 5.48. The highest BCUT2D eigenvalue weighted by atomic mass is 32.1. The van der Waals surface area contributed by atoms with E-state index in [0.717, 1.165) is 11.0 Å². The molecule has 2 rings (SSSR count). The number of hydrogen-bond acceptors (Lipinski definition) is 4. The summed E-state index contributed by atoms with van der Waals surface area (Å²) >= 11 is 1.43. The van der Waals surface area contributed by atoms with E-state index in [-0.39, 0.29) is 6.04 Å². The highest BCUT2D eigenvalue weighted by molar-refractivity contribution is 7.09. The van der Waals surface area contributed by atoms with E-state index in [1.807, 2.05) is 0 Å². The Balaban J connectivity index is 2.06. The molecule has 0 saturated heterocycles. The standard InChI is InChI=1S/C14H19N3S/c1-9(2)13-16-14(18-17-13)15-11(4)12-7-5-10(3)6-8-12/h5-9,11H,1-4H3,(H,15,16,17). The minimum Gasteiger partial charge on any atom is -0.354 e. The molecule has 0 saturated carbocycles. The summed E-state index contributed by atoms with van der Waals surface area (Å²) in [7, 11) is 0. The molecule has 0 aliphatic heterocycles. The van der Waals surface area contributed by atoms with E-state index >= 15 is 0 Å². The Hall–Kier alpha value is -1.42. The Morgan fingerprint density at radius 2 is 1.78 bits per heavy atom. The molecule has 1 aromatic heterocycles. The van der Waals surface area contributed by atoms with Gasteiger partial charge in [0.1, 0.15) is 5.82 Å². The Morgan fingerprint density at radius 1 is 1.11 bits per heavy atom. The van der Waals surface area contributed by atoms with Crippen LogP contribution < -0.4 is 5.32 Å². The van der Waals surface area contributed by atoms with Crippen LogP contribution in [0.4, 0.5) is 5.13 Å². The first-order valence-electron chi connectivity index (χ1n) is 6.23. The van der Waals surface area contributed by atoms with Crippen LogP contribution in [0, 0.1) is 6.92 Å². The lowest BCUT2D eigenvalue weighted by Gasteiger charge is -2.13. The topological polar surface area (TPSA) is 37.8 Å². The maximum Gasteiger partial charge on any atom is 0.203 e. The summed E-state index contributed by atoms with van der Waals surface area (Å²) in [6, 6.07) is 8.81. The van der Waals surface area contributed by atoms with Gasteiger partial charge in [0, 0.05) is 17.5 Å². The molecule has 0 aliphatic carbocycles. The Morgan fingerprint density at radius 3 is 2.33 bits per heavy atom. The van der Waals surface area contributed by atoms with E-state index in [4.69, 9.17) is 0 Å². The number of nitrogens with one attached hydrogen (secondary N) is 1. The maximum atomic E-state index is 4.49. The van der Waals surface area contributed by atoms with Crippen molar-refractivity contribution in [2.75, 3.05) is 5.32 Å². The summed E-state index contributed by atoms with van der Waals surface area (Å²) in [6.07, 6.45) is 0. The van der Waals surface area contributed by atoms with Gasteiger partial charge in [-0.3, -0.25) is 0 Å². The van der Waals surface area contributed by atoms with Crippen molar-refractivity contribution in [3.63, 3.8) is 0 Å². The second-order valence-corrected chi connectivity index (χ2v) is 5.64. The summed E-state index contributed by atoms with van der Waals surface area (Å²) in [6.45, 7) is 8.45. The van der Waals surface area contributed by atoms with Gasteiger partial charge < -0.3 is 5.32 Å². The third-order valence-corrected chi connectivity index (χ3v) is 3.54. The van der Waals surface area contributed by atoms with Crippen molar-refractivity contribution in [1.29, 1.82) is 0 Å². The number of rotatable bonds is 4. The molecular weight excluding hydrogens is 242 g/mol. The van der Waals surface area contributed by atoms with Crippen LogP contribution in [0.2, 0.25) is 0 Å². The van der Waals surface area contributed by atoms with E-state index in [9.17, 15) is 0 Å². The monoisotopic (exact) mass is 261 g/mol. The van der Waals surface area contributed by atoms with Crippen LogP contribution in [-0.2, 0) is 0 Å². The molecule has 1 heterocycles. The molecule has 0 spiro atoms. The fraction of sp³-hybridized carbons (Fsp3) is 0.429. The van der Waals surface area contributed by atoms with Gasteiger partial charge in [-0.05, 0) is 19.4 Å². The van der Waals surface area contributed by atoms with E-state index < -0.39 is 0 Å². The van der Waals surface area contributed by atoms with Crippen LogP contribution in [0.5, 0.6) is 0 Å². The summed E-state index contributed by atoms with van der Waals surface area (Å²) in [5, 5.41) is 4.29. The molecule has 0 amide bonds. The summed E-state index contributed by atoms with van der Waals surface area (Å²) < 4.78 is 4.34. The average Bonchev–Trinajstić information content (AvgIpc) is 2.78. The fourth-order valence-electron chi connectivity index (χ4n) is 1.65. The molecule has 1 N–H and O–H groups in total. The van der Waals surface area contributed by atoms with Gasteiger partial charge in [0.25, 0.3) is 0 Å². The van der Waals surface area contributed by atoms with Gasteiger partial charge in [-0.15, -0.1) is 0 Å². The van der Waals surface area contributed by atoms with Crippen LogP contribution in [0.15, 0.2) is 24.3 Å². The van der Waals surface area contributed by atoms with Crippen molar-refractivity contribution in [3.05, 3.63) is 41.2 Å². The largest absolute Gasteiger partial charge is 0.354 e. The van der Waals surface area contributed by atoms with Crippen LogP contribution in [0.25, 0.3) is 0 Å². The molecule has 0 radical (unpaired) electrons.